The summed E-state index contributed by atoms with van der Waals surface area (Å²) in [5.74, 6) is -0.845. The molecule has 2 amide bonds. The predicted molar refractivity (Wildman–Crippen MR) is 67.5 cm³/mol. The van der Waals surface area contributed by atoms with Gasteiger partial charge in [-0.05, 0) is 18.9 Å². The number of rotatable bonds is 2. The van der Waals surface area contributed by atoms with Crippen LogP contribution in [0.3, 0.4) is 0 Å². The lowest BCUT2D eigenvalue weighted by Crippen LogP contribution is -2.43. The quantitative estimate of drug-likeness (QED) is 0.837. The van der Waals surface area contributed by atoms with Crippen LogP contribution >= 0.6 is 23.2 Å². The minimum atomic E-state index is -0.569. The Balaban J connectivity index is 2.31. The highest BCUT2D eigenvalue weighted by atomic mass is 35.5. The van der Waals surface area contributed by atoms with Gasteiger partial charge in [-0.2, -0.15) is 0 Å². The normalized spacial score (nSPS) is 19.0. The molecule has 1 unspecified atom stereocenters. The standard InChI is InChI=1S/C11H11Cl2N3O2/c12-7-5-15-9(13)4-6(7)11(18)16-3-1-2-8(16)10(14)17/h4-5,8H,1-3H2,(H2,14,17). The zero-order valence-electron chi connectivity index (χ0n) is 9.40. The molecule has 1 fully saturated rings. The molecular formula is C11H11Cl2N3O2. The summed E-state index contributed by atoms with van der Waals surface area (Å²) in [4.78, 5) is 28.7. The summed E-state index contributed by atoms with van der Waals surface area (Å²) in [6.45, 7) is 0.489. The van der Waals surface area contributed by atoms with Crippen LogP contribution in [-0.4, -0.2) is 34.3 Å². The summed E-state index contributed by atoms with van der Waals surface area (Å²) in [5.41, 5.74) is 5.51. The molecular weight excluding hydrogens is 277 g/mol. The van der Waals surface area contributed by atoms with Gasteiger partial charge in [0.2, 0.25) is 5.91 Å². The molecule has 0 aliphatic carbocycles. The summed E-state index contributed by atoms with van der Waals surface area (Å²) in [7, 11) is 0. The van der Waals surface area contributed by atoms with Crippen molar-refractivity contribution >= 4 is 35.0 Å². The van der Waals surface area contributed by atoms with Gasteiger partial charge in [-0.1, -0.05) is 23.2 Å². The Morgan fingerprint density at radius 3 is 2.83 bits per heavy atom. The number of nitrogens with two attached hydrogens (primary N) is 1. The van der Waals surface area contributed by atoms with Gasteiger partial charge in [0.05, 0.1) is 10.6 Å². The molecule has 96 valence electrons. The first kappa shape index (κ1) is 13.1. The Morgan fingerprint density at radius 2 is 2.17 bits per heavy atom. The second-order valence-corrected chi connectivity index (χ2v) is 4.84. The highest BCUT2D eigenvalue weighted by Crippen LogP contribution is 2.24. The third-order valence-corrected chi connectivity index (χ3v) is 3.40. The number of hydrogen-bond acceptors (Lipinski definition) is 3. The van der Waals surface area contributed by atoms with Gasteiger partial charge in [-0.3, -0.25) is 9.59 Å². The van der Waals surface area contributed by atoms with Crippen LogP contribution in [0.25, 0.3) is 0 Å². The topological polar surface area (TPSA) is 76.3 Å². The number of carbonyl (C=O) groups is 2. The van der Waals surface area contributed by atoms with Gasteiger partial charge < -0.3 is 10.6 Å². The van der Waals surface area contributed by atoms with Crippen molar-refractivity contribution in [2.45, 2.75) is 18.9 Å². The van der Waals surface area contributed by atoms with E-state index in [0.717, 1.165) is 6.42 Å². The van der Waals surface area contributed by atoms with Crippen LogP contribution in [0.5, 0.6) is 0 Å². The summed E-state index contributed by atoms with van der Waals surface area (Å²) in [5, 5.41) is 0.386. The van der Waals surface area contributed by atoms with Crippen LogP contribution in [0.2, 0.25) is 10.2 Å². The van der Waals surface area contributed by atoms with Crippen LogP contribution in [0.1, 0.15) is 23.2 Å². The zero-order valence-corrected chi connectivity index (χ0v) is 10.9. The van der Waals surface area contributed by atoms with Crippen molar-refractivity contribution in [3.63, 3.8) is 0 Å². The maximum Gasteiger partial charge on any atom is 0.256 e. The van der Waals surface area contributed by atoms with Crippen molar-refractivity contribution in [3.05, 3.63) is 28.0 Å². The Morgan fingerprint density at radius 1 is 1.44 bits per heavy atom. The van der Waals surface area contributed by atoms with Crippen LogP contribution in [0.15, 0.2) is 12.3 Å². The minimum absolute atomic E-state index is 0.178. The molecule has 0 spiro atoms. The minimum Gasteiger partial charge on any atom is -0.368 e. The molecule has 1 aromatic heterocycles. The molecule has 2 rings (SSSR count). The molecule has 1 saturated heterocycles. The average Bonchev–Trinajstić information content (AvgIpc) is 2.80. The van der Waals surface area contributed by atoms with Crippen LogP contribution in [0.4, 0.5) is 0 Å². The largest absolute Gasteiger partial charge is 0.368 e. The van der Waals surface area contributed by atoms with Gasteiger partial charge in [0.1, 0.15) is 11.2 Å². The summed E-state index contributed by atoms with van der Waals surface area (Å²) < 4.78 is 0. The first-order valence-corrected chi connectivity index (χ1v) is 6.17. The van der Waals surface area contributed by atoms with Crippen LogP contribution < -0.4 is 5.73 Å². The number of carbonyl (C=O) groups excluding carboxylic acids is 2. The molecule has 5 nitrogen and oxygen atoms in total. The Bertz CT molecular complexity index is 507. The van der Waals surface area contributed by atoms with Gasteiger partial charge in [-0.15, -0.1) is 0 Å². The number of likely N-dealkylation sites (tertiary alicyclic amines) is 1. The van der Waals surface area contributed by atoms with E-state index in [1.165, 1.54) is 17.2 Å². The molecule has 0 bridgehead atoms. The fourth-order valence-electron chi connectivity index (χ4n) is 2.04. The molecule has 2 N–H and O–H groups in total. The van der Waals surface area contributed by atoms with Crippen molar-refractivity contribution in [3.8, 4) is 0 Å². The number of pyridine rings is 1. The van der Waals surface area contributed by atoms with E-state index in [0.29, 0.717) is 13.0 Å². The van der Waals surface area contributed by atoms with Gasteiger partial charge in [0, 0.05) is 12.7 Å². The summed E-state index contributed by atoms with van der Waals surface area (Å²) in [6, 6.07) is 0.822. The lowest BCUT2D eigenvalue weighted by molar-refractivity contribution is -0.121. The molecule has 7 heteroatoms. The molecule has 1 aromatic rings. The van der Waals surface area contributed by atoms with E-state index >= 15 is 0 Å². The van der Waals surface area contributed by atoms with Crippen molar-refractivity contribution in [2.24, 2.45) is 5.73 Å². The van der Waals surface area contributed by atoms with Gasteiger partial charge >= 0.3 is 0 Å². The molecule has 0 aromatic carbocycles. The SMILES string of the molecule is NC(=O)C1CCCN1C(=O)c1cc(Cl)ncc1Cl. The van der Waals surface area contributed by atoms with Crippen molar-refractivity contribution in [1.82, 2.24) is 9.88 Å². The molecule has 2 heterocycles. The maximum absolute atomic E-state index is 12.3. The lowest BCUT2D eigenvalue weighted by atomic mass is 10.2. The predicted octanol–water partition coefficient (Wildman–Crippen LogP) is 1.48. The number of hydrogen-bond donors (Lipinski definition) is 1. The molecule has 0 radical (unpaired) electrons. The number of primary amides is 1. The maximum atomic E-state index is 12.3. The Kier molecular flexibility index (Phi) is 3.73. The summed E-state index contributed by atoms with van der Waals surface area (Å²) in [6.07, 6.45) is 2.64. The van der Waals surface area contributed by atoms with E-state index in [-0.39, 0.29) is 21.6 Å². The number of halogens is 2. The Labute approximate surface area is 114 Å². The highest BCUT2D eigenvalue weighted by molar-refractivity contribution is 6.35. The molecule has 18 heavy (non-hydrogen) atoms. The third-order valence-electron chi connectivity index (χ3n) is 2.89. The molecule has 0 saturated carbocycles. The number of amides is 2. The van der Waals surface area contributed by atoms with Crippen molar-refractivity contribution < 1.29 is 9.59 Å². The van der Waals surface area contributed by atoms with E-state index in [1.54, 1.807) is 0 Å². The Hall–Kier alpha value is -1.33. The monoisotopic (exact) mass is 287 g/mol. The first-order chi connectivity index (χ1) is 8.50. The average molecular weight is 288 g/mol. The zero-order chi connectivity index (χ0) is 13.3. The van der Waals surface area contributed by atoms with Crippen LogP contribution in [0, 0.1) is 0 Å². The molecule has 1 atom stereocenters. The van der Waals surface area contributed by atoms with Gasteiger partial charge in [0.25, 0.3) is 5.91 Å². The second-order valence-electron chi connectivity index (χ2n) is 4.05. The van der Waals surface area contributed by atoms with E-state index in [9.17, 15) is 9.59 Å². The lowest BCUT2D eigenvalue weighted by Gasteiger charge is -2.22. The van der Waals surface area contributed by atoms with E-state index in [2.05, 4.69) is 4.98 Å². The molecule has 1 aliphatic heterocycles. The van der Waals surface area contributed by atoms with E-state index < -0.39 is 11.9 Å². The first-order valence-electron chi connectivity index (χ1n) is 5.42. The second kappa shape index (κ2) is 5.12. The van der Waals surface area contributed by atoms with E-state index in [1.807, 2.05) is 0 Å². The smallest absolute Gasteiger partial charge is 0.256 e. The fraction of sp³-hybridized carbons (Fsp3) is 0.364. The van der Waals surface area contributed by atoms with Crippen LogP contribution in [-0.2, 0) is 4.79 Å². The van der Waals surface area contributed by atoms with Crippen molar-refractivity contribution in [1.29, 1.82) is 0 Å². The van der Waals surface area contributed by atoms with Gasteiger partial charge in [-0.25, -0.2) is 4.98 Å². The molecule has 1 aliphatic rings. The number of nitrogens with zero attached hydrogens (tertiary/aromatic N) is 2. The summed E-state index contributed by atoms with van der Waals surface area (Å²) >= 11 is 11.6. The number of aromatic nitrogens is 1. The highest BCUT2D eigenvalue weighted by Gasteiger charge is 2.33. The third kappa shape index (κ3) is 2.42. The van der Waals surface area contributed by atoms with E-state index in [4.69, 9.17) is 28.9 Å². The van der Waals surface area contributed by atoms with Gasteiger partial charge in [0.15, 0.2) is 0 Å². The fourth-order valence-corrected chi connectivity index (χ4v) is 2.38. The van der Waals surface area contributed by atoms with Crippen molar-refractivity contribution in [2.75, 3.05) is 6.54 Å².